The number of carbonyl (C=O) groups excluding carboxylic acids is 2. The van der Waals surface area contributed by atoms with Crippen molar-refractivity contribution in [3.63, 3.8) is 0 Å². The van der Waals surface area contributed by atoms with E-state index in [0.29, 0.717) is 19.4 Å². The summed E-state index contributed by atoms with van der Waals surface area (Å²) in [4.78, 5) is 27.1. The van der Waals surface area contributed by atoms with Crippen LogP contribution in [0.25, 0.3) is 0 Å². The Labute approximate surface area is 180 Å². The number of amides is 2. The smallest absolute Gasteiger partial charge is 0.364 e. The zero-order chi connectivity index (χ0) is 23.0. The standard InChI is InChI=1S/C22H28F3N3O3/c1-3-14-31-16(2)19(26)20(29)28-12-7-10-18(28)15-27(21(30)22(23,24)25)13-11-17-8-5-4-6-9-17/h1,4-6,8-9,16,18-19H,7,10-15,26H2,2H3/t16-,18+,19+/m1/s1. The van der Waals surface area contributed by atoms with Crippen molar-refractivity contribution in [1.29, 1.82) is 0 Å². The van der Waals surface area contributed by atoms with Crippen LogP contribution in [0.2, 0.25) is 0 Å². The number of rotatable bonds is 9. The van der Waals surface area contributed by atoms with Crippen LogP contribution in [0.1, 0.15) is 25.3 Å². The Morgan fingerprint density at radius 3 is 2.65 bits per heavy atom. The highest BCUT2D eigenvalue weighted by molar-refractivity contribution is 5.84. The summed E-state index contributed by atoms with van der Waals surface area (Å²) in [7, 11) is 0. The zero-order valence-electron chi connectivity index (χ0n) is 17.5. The topological polar surface area (TPSA) is 75.9 Å². The summed E-state index contributed by atoms with van der Waals surface area (Å²) >= 11 is 0. The molecule has 1 aromatic rings. The molecule has 31 heavy (non-hydrogen) atoms. The highest BCUT2D eigenvalue weighted by Crippen LogP contribution is 2.24. The number of nitrogens with two attached hydrogens (primary N) is 1. The van der Waals surface area contributed by atoms with Gasteiger partial charge < -0.3 is 20.3 Å². The lowest BCUT2D eigenvalue weighted by Gasteiger charge is -2.33. The van der Waals surface area contributed by atoms with Crippen LogP contribution in [-0.4, -0.2) is 72.2 Å². The minimum absolute atomic E-state index is 0.00107. The minimum Gasteiger partial charge on any atom is -0.364 e. The summed E-state index contributed by atoms with van der Waals surface area (Å²) in [5, 5.41) is 0. The van der Waals surface area contributed by atoms with Crippen LogP contribution in [0, 0.1) is 12.3 Å². The molecular formula is C22H28F3N3O3. The fourth-order valence-corrected chi connectivity index (χ4v) is 3.61. The fraction of sp³-hybridized carbons (Fsp3) is 0.545. The van der Waals surface area contributed by atoms with Crippen molar-refractivity contribution in [2.75, 3.05) is 26.2 Å². The molecule has 1 aliphatic rings. The Kier molecular flexibility index (Phi) is 8.89. The van der Waals surface area contributed by atoms with Crippen LogP contribution in [-0.2, 0) is 20.7 Å². The number of carbonyl (C=O) groups is 2. The van der Waals surface area contributed by atoms with E-state index in [0.717, 1.165) is 10.5 Å². The van der Waals surface area contributed by atoms with E-state index in [4.69, 9.17) is 16.9 Å². The van der Waals surface area contributed by atoms with Gasteiger partial charge in [0.25, 0.3) is 0 Å². The molecule has 0 unspecified atom stereocenters. The van der Waals surface area contributed by atoms with Gasteiger partial charge in [0, 0.05) is 25.7 Å². The lowest BCUT2D eigenvalue weighted by atomic mass is 10.1. The van der Waals surface area contributed by atoms with Gasteiger partial charge in [-0.3, -0.25) is 9.59 Å². The van der Waals surface area contributed by atoms with Gasteiger partial charge in [0.15, 0.2) is 0 Å². The molecule has 2 rings (SSSR count). The second kappa shape index (κ2) is 11.2. The van der Waals surface area contributed by atoms with Crippen molar-refractivity contribution in [3.05, 3.63) is 35.9 Å². The first kappa shape index (κ1) is 24.7. The Hall–Kier alpha value is -2.57. The maximum Gasteiger partial charge on any atom is 0.471 e. The summed E-state index contributed by atoms with van der Waals surface area (Å²) < 4.78 is 44.8. The number of hydrogen-bond donors (Lipinski definition) is 1. The molecule has 2 N–H and O–H groups in total. The number of hydrogen-bond acceptors (Lipinski definition) is 4. The second-order valence-electron chi connectivity index (χ2n) is 7.56. The lowest BCUT2D eigenvalue weighted by molar-refractivity contribution is -0.186. The van der Waals surface area contributed by atoms with Crippen LogP contribution in [0.4, 0.5) is 13.2 Å². The van der Waals surface area contributed by atoms with Gasteiger partial charge in [-0.2, -0.15) is 13.2 Å². The van der Waals surface area contributed by atoms with Crippen LogP contribution in [0.3, 0.4) is 0 Å². The average molecular weight is 439 g/mol. The van der Waals surface area contributed by atoms with E-state index in [9.17, 15) is 22.8 Å². The Bertz CT molecular complexity index is 780. The van der Waals surface area contributed by atoms with Gasteiger partial charge in [0.2, 0.25) is 5.91 Å². The highest BCUT2D eigenvalue weighted by atomic mass is 19.4. The highest BCUT2D eigenvalue weighted by Gasteiger charge is 2.44. The summed E-state index contributed by atoms with van der Waals surface area (Å²) in [6, 6.07) is 7.42. The molecule has 0 radical (unpaired) electrons. The van der Waals surface area contributed by atoms with Crippen LogP contribution in [0.5, 0.6) is 0 Å². The van der Waals surface area contributed by atoms with E-state index in [1.807, 2.05) is 6.07 Å². The number of halogens is 3. The number of ether oxygens (including phenoxy) is 1. The predicted molar refractivity (Wildman–Crippen MR) is 110 cm³/mol. The van der Waals surface area contributed by atoms with Gasteiger partial charge in [-0.15, -0.1) is 6.42 Å². The molecule has 2 amide bonds. The van der Waals surface area contributed by atoms with Gasteiger partial charge in [-0.05, 0) is 31.7 Å². The number of nitrogens with zero attached hydrogens (tertiary/aromatic N) is 2. The number of likely N-dealkylation sites (tertiary alicyclic amines) is 1. The third-order valence-corrected chi connectivity index (χ3v) is 5.35. The molecule has 9 heteroatoms. The molecule has 1 heterocycles. The molecule has 0 aliphatic carbocycles. The summed E-state index contributed by atoms with van der Waals surface area (Å²) in [6.07, 6.45) is 0.904. The van der Waals surface area contributed by atoms with Crippen LogP contribution < -0.4 is 5.73 Å². The van der Waals surface area contributed by atoms with Gasteiger partial charge in [-0.1, -0.05) is 36.3 Å². The van der Waals surface area contributed by atoms with E-state index < -0.39 is 36.2 Å². The van der Waals surface area contributed by atoms with E-state index in [2.05, 4.69) is 5.92 Å². The van der Waals surface area contributed by atoms with Gasteiger partial charge in [-0.25, -0.2) is 0 Å². The van der Waals surface area contributed by atoms with Gasteiger partial charge in [0.05, 0.1) is 6.10 Å². The molecule has 6 nitrogen and oxygen atoms in total. The van der Waals surface area contributed by atoms with Crippen LogP contribution >= 0.6 is 0 Å². The van der Waals surface area contributed by atoms with E-state index >= 15 is 0 Å². The third-order valence-electron chi connectivity index (χ3n) is 5.35. The minimum atomic E-state index is -4.99. The van der Waals surface area contributed by atoms with Crippen molar-refractivity contribution >= 4 is 11.8 Å². The summed E-state index contributed by atoms with van der Waals surface area (Å²) in [5.41, 5.74) is 6.82. The largest absolute Gasteiger partial charge is 0.471 e. The second-order valence-corrected chi connectivity index (χ2v) is 7.56. The van der Waals surface area contributed by atoms with Crippen molar-refractivity contribution in [2.24, 2.45) is 5.73 Å². The fourth-order valence-electron chi connectivity index (χ4n) is 3.61. The number of benzene rings is 1. The van der Waals surface area contributed by atoms with Gasteiger partial charge >= 0.3 is 12.1 Å². The number of alkyl halides is 3. The molecule has 1 saturated heterocycles. The SMILES string of the molecule is C#CCO[C@H](C)[C@H](N)C(=O)N1CCC[C@H]1CN(CCc1ccccc1)C(=O)C(F)(F)F. The molecule has 0 saturated carbocycles. The number of terminal acetylenes is 1. The molecule has 170 valence electrons. The van der Waals surface area contributed by atoms with Gasteiger partial charge in [0.1, 0.15) is 12.6 Å². The normalized spacial score (nSPS) is 18.3. The molecule has 3 atom stereocenters. The molecule has 1 aliphatic heterocycles. The predicted octanol–water partition coefficient (Wildman–Crippen LogP) is 1.98. The molecule has 1 aromatic carbocycles. The van der Waals surface area contributed by atoms with E-state index in [1.54, 1.807) is 31.2 Å². The van der Waals surface area contributed by atoms with Crippen molar-refractivity contribution < 1.29 is 27.5 Å². The summed E-state index contributed by atoms with van der Waals surface area (Å²) in [5.74, 6) is -0.0291. The van der Waals surface area contributed by atoms with Crippen molar-refractivity contribution in [1.82, 2.24) is 9.80 Å². The summed E-state index contributed by atoms with van der Waals surface area (Å²) in [6.45, 7) is 1.67. The lowest BCUT2D eigenvalue weighted by Crippen LogP contribution is -2.55. The first-order valence-electron chi connectivity index (χ1n) is 10.2. The molecule has 1 fully saturated rings. The monoisotopic (exact) mass is 439 g/mol. The Morgan fingerprint density at radius 1 is 1.35 bits per heavy atom. The van der Waals surface area contributed by atoms with Crippen molar-refractivity contribution in [3.8, 4) is 12.3 Å². The molecule has 0 aromatic heterocycles. The maximum atomic E-state index is 13.2. The maximum absolute atomic E-state index is 13.2. The van der Waals surface area contributed by atoms with Crippen molar-refractivity contribution in [2.45, 2.75) is 50.6 Å². The molecule has 0 spiro atoms. The first-order chi connectivity index (χ1) is 14.6. The zero-order valence-corrected chi connectivity index (χ0v) is 17.5. The Balaban J connectivity index is 2.09. The molecule has 0 bridgehead atoms. The third kappa shape index (κ3) is 6.97. The van der Waals surface area contributed by atoms with E-state index in [1.165, 1.54) is 4.90 Å². The van der Waals surface area contributed by atoms with E-state index in [-0.39, 0.29) is 26.1 Å². The average Bonchev–Trinajstić information content (AvgIpc) is 3.21. The first-order valence-corrected chi connectivity index (χ1v) is 10.2. The van der Waals surface area contributed by atoms with Crippen LogP contribution in [0.15, 0.2) is 30.3 Å². The quantitative estimate of drug-likeness (QED) is 0.597. The molecular weight excluding hydrogens is 411 g/mol. The Morgan fingerprint density at radius 2 is 2.03 bits per heavy atom.